The first-order valence-electron chi connectivity index (χ1n) is 11.9. The number of rotatable bonds is 7. The summed E-state index contributed by atoms with van der Waals surface area (Å²) in [4.78, 5) is 35.4. The average molecular weight is 510 g/mol. The number of likely N-dealkylation sites (tertiary alicyclic amines) is 1. The van der Waals surface area contributed by atoms with Gasteiger partial charge in [0.1, 0.15) is 5.82 Å². The number of nitrogens with zero attached hydrogens (tertiary/aromatic N) is 4. The summed E-state index contributed by atoms with van der Waals surface area (Å²) >= 11 is 1.13. The number of aromatic nitrogens is 2. The van der Waals surface area contributed by atoms with Gasteiger partial charge in [-0.3, -0.25) is 9.59 Å². The van der Waals surface area contributed by atoms with Crippen LogP contribution in [0.25, 0.3) is 10.4 Å². The van der Waals surface area contributed by atoms with Gasteiger partial charge in [-0.15, -0.1) is 11.3 Å². The molecule has 0 bridgehead atoms. The molecule has 192 valence electrons. The third-order valence-electron chi connectivity index (χ3n) is 5.99. The summed E-state index contributed by atoms with van der Waals surface area (Å²) in [6, 6.07) is 1.87. The lowest BCUT2D eigenvalue weighted by Crippen LogP contribution is -2.40. The minimum atomic E-state index is -2.65. The molecule has 2 aromatic heterocycles. The third-order valence-corrected chi connectivity index (χ3v) is 7.17. The number of carbonyl (C=O) groups is 2. The van der Waals surface area contributed by atoms with Crippen molar-refractivity contribution in [2.75, 3.05) is 44.7 Å². The van der Waals surface area contributed by atoms with Crippen molar-refractivity contribution >= 4 is 29.5 Å². The number of aryl methyl sites for hydroxylation is 1. The maximum absolute atomic E-state index is 13.6. The lowest BCUT2D eigenvalue weighted by molar-refractivity contribution is -0.118. The van der Waals surface area contributed by atoms with Gasteiger partial charge in [-0.05, 0) is 39.2 Å². The fourth-order valence-electron chi connectivity index (χ4n) is 3.94. The first-order chi connectivity index (χ1) is 16.8. The Kier molecular flexibility index (Phi) is 9.91. The fourth-order valence-corrected chi connectivity index (χ4v) is 5.01. The summed E-state index contributed by atoms with van der Waals surface area (Å²) in [5.41, 5.74) is 0.762. The highest BCUT2D eigenvalue weighted by Crippen LogP contribution is 2.37. The third kappa shape index (κ3) is 6.94. The standard InChI is InChI=1S/C18H22F2N4O2S.C6H11NO/c1-3-4-21-14-9-12(16(19)20)13(10-22-14)15-11(2)23-17(27-15)18(25)24-5-7-26-8-6-24;1-6-3-2-4-7(6)5-8/h9-10,16H,3-8H2,1-2H3,(H,21,22);5-6H,2-4H2,1H3. The zero-order chi connectivity index (χ0) is 25.4. The molecular weight excluding hydrogens is 476 g/mol. The second-order valence-corrected chi connectivity index (χ2v) is 9.56. The second kappa shape index (κ2) is 12.9. The number of nitrogens with one attached hydrogen (secondary N) is 1. The summed E-state index contributed by atoms with van der Waals surface area (Å²) < 4.78 is 32.5. The Morgan fingerprint density at radius 2 is 2.09 bits per heavy atom. The molecule has 2 aromatic rings. The van der Waals surface area contributed by atoms with Crippen LogP contribution < -0.4 is 5.32 Å². The highest BCUT2D eigenvalue weighted by Gasteiger charge is 2.25. The minimum absolute atomic E-state index is 0.110. The van der Waals surface area contributed by atoms with E-state index in [2.05, 4.69) is 22.2 Å². The van der Waals surface area contributed by atoms with Gasteiger partial charge in [0.15, 0.2) is 5.01 Å². The maximum Gasteiger partial charge on any atom is 0.283 e. The molecule has 0 radical (unpaired) electrons. The van der Waals surface area contributed by atoms with E-state index in [1.165, 1.54) is 25.1 Å². The molecule has 1 unspecified atom stereocenters. The molecule has 2 fully saturated rings. The lowest BCUT2D eigenvalue weighted by Gasteiger charge is -2.25. The summed E-state index contributed by atoms with van der Waals surface area (Å²) in [5.74, 6) is 0.230. The van der Waals surface area contributed by atoms with E-state index < -0.39 is 6.43 Å². The number of anilines is 1. The molecule has 0 saturated carbocycles. The quantitative estimate of drug-likeness (QED) is 0.558. The Hall–Kier alpha value is -2.66. The van der Waals surface area contributed by atoms with E-state index in [4.69, 9.17) is 4.74 Å². The second-order valence-electron chi connectivity index (χ2n) is 8.56. The van der Waals surface area contributed by atoms with Crippen LogP contribution in [0.15, 0.2) is 12.3 Å². The molecule has 2 aliphatic heterocycles. The largest absolute Gasteiger partial charge is 0.378 e. The van der Waals surface area contributed by atoms with Crippen molar-refractivity contribution in [1.29, 1.82) is 0 Å². The molecule has 8 nitrogen and oxygen atoms in total. The predicted molar refractivity (Wildman–Crippen MR) is 132 cm³/mol. The van der Waals surface area contributed by atoms with Crippen LogP contribution in [-0.4, -0.2) is 77.5 Å². The first kappa shape index (κ1) is 26.9. The van der Waals surface area contributed by atoms with Gasteiger partial charge in [-0.2, -0.15) is 0 Å². The first-order valence-corrected chi connectivity index (χ1v) is 12.7. The van der Waals surface area contributed by atoms with E-state index >= 15 is 0 Å². The molecule has 4 heterocycles. The van der Waals surface area contributed by atoms with Gasteiger partial charge >= 0.3 is 0 Å². The van der Waals surface area contributed by atoms with Gasteiger partial charge in [0, 0.05) is 49.5 Å². The number of hydrogen-bond acceptors (Lipinski definition) is 7. The van der Waals surface area contributed by atoms with Crippen LogP contribution in [0.3, 0.4) is 0 Å². The molecule has 2 saturated heterocycles. The van der Waals surface area contributed by atoms with Gasteiger partial charge in [0.25, 0.3) is 12.3 Å². The fraction of sp³-hybridized carbons (Fsp3) is 0.583. The molecule has 35 heavy (non-hydrogen) atoms. The summed E-state index contributed by atoms with van der Waals surface area (Å²) in [6.07, 6.45) is 2.96. The van der Waals surface area contributed by atoms with Gasteiger partial charge in [-0.25, -0.2) is 18.7 Å². The van der Waals surface area contributed by atoms with Crippen molar-refractivity contribution < 1.29 is 23.1 Å². The molecule has 0 aromatic carbocycles. The predicted octanol–water partition coefficient (Wildman–Crippen LogP) is 4.37. The normalized spacial score (nSPS) is 17.8. The number of thiazole rings is 1. The number of alkyl halides is 2. The molecule has 2 amide bonds. The maximum atomic E-state index is 13.6. The van der Waals surface area contributed by atoms with Crippen LogP contribution in [0, 0.1) is 6.92 Å². The van der Waals surface area contributed by atoms with E-state index in [-0.39, 0.29) is 11.5 Å². The molecule has 4 rings (SSSR count). The Bertz CT molecular complexity index is 998. The van der Waals surface area contributed by atoms with Crippen LogP contribution in [0.5, 0.6) is 0 Å². The summed E-state index contributed by atoms with van der Waals surface area (Å²) in [6.45, 7) is 9.43. The van der Waals surface area contributed by atoms with Crippen LogP contribution in [0.1, 0.15) is 60.6 Å². The summed E-state index contributed by atoms with van der Waals surface area (Å²) in [5, 5.41) is 3.32. The highest BCUT2D eigenvalue weighted by molar-refractivity contribution is 7.17. The van der Waals surface area contributed by atoms with Gasteiger partial charge < -0.3 is 19.9 Å². The summed E-state index contributed by atoms with van der Waals surface area (Å²) in [7, 11) is 0. The van der Waals surface area contributed by atoms with Crippen LogP contribution in [0.2, 0.25) is 0 Å². The number of morpholine rings is 1. The number of hydrogen-bond donors (Lipinski definition) is 1. The number of halogens is 2. The van der Waals surface area contributed by atoms with Gasteiger partial charge in [0.05, 0.1) is 23.8 Å². The van der Waals surface area contributed by atoms with Crippen LogP contribution in [0.4, 0.5) is 14.6 Å². The zero-order valence-electron chi connectivity index (χ0n) is 20.4. The molecule has 2 aliphatic rings. The molecule has 0 spiro atoms. The Morgan fingerprint density at radius 1 is 1.34 bits per heavy atom. The number of amides is 2. The highest BCUT2D eigenvalue weighted by atomic mass is 32.1. The van der Waals surface area contributed by atoms with E-state index in [0.717, 1.165) is 30.7 Å². The average Bonchev–Trinajstić information content (AvgIpc) is 3.47. The van der Waals surface area contributed by atoms with E-state index in [1.54, 1.807) is 11.8 Å². The van der Waals surface area contributed by atoms with Crippen molar-refractivity contribution in [1.82, 2.24) is 19.8 Å². The monoisotopic (exact) mass is 509 g/mol. The van der Waals surface area contributed by atoms with E-state index in [9.17, 15) is 18.4 Å². The van der Waals surface area contributed by atoms with E-state index in [1.807, 2.05) is 11.8 Å². The molecule has 1 atom stereocenters. The number of carbonyl (C=O) groups excluding carboxylic acids is 2. The van der Waals surface area contributed by atoms with Gasteiger partial charge in [-0.1, -0.05) is 6.92 Å². The molecule has 1 N–H and O–H groups in total. The molecule has 0 aliphatic carbocycles. The molecule has 11 heteroatoms. The van der Waals surface area contributed by atoms with Crippen molar-refractivity contribution in [2.45, 2.75) is 52.5 Å². The Morgan fingerprint density at radius 3 is 2.66 bits per heavy atom. The van der Waals surface area contributed by atoms with Crippen molar-refractivity contribution in [3.8, 4) is 10.4 Å². The smallest absolute Gasteiger partial charge is 0.283 e. The molecular formula is C24H33F2N5O3S. The van der Waals surface area contributed by atoms with Crippen LogP contribution >= 0.6 is 11.3 Å². The Balaban J connectivity index is 0.000000363. The number of ether oxygens (including phenoxy) is 1. The van der Waals surface area contributed by atoms with Crippen molar-refractivity contribution in [2.24, 2.45) is 0 Å². The van der Waals surface area contributed by atoms with Crippen LogP contribution in [-0.2, 0) is 9.53 Å². The van der Waals surface area contributed by atoms with Gasteiger partial charge in [0.2, 0.25) is 6.41 Å². The van der Waals surface area contributed by atoms with E-state index in [0.29, 0.717) is 65.8 Å². The SMILES string of the molecule is CC1CCCN1C=O.CCCNc1cc(C(F)F)c(-c2sc(C(=O)N3CCOCC3)nc2C)cn1. The minimum Gasteiger partial charge on any atom is -0.378 e. The zero-order valence-corrected chi connectivity index (χ0v) is 21.2. The van der Waals surface area contributed by atoms with Crippen molar-refractivity contribution in [3.05, 3.63) is 28.5 Å². The Labute approximate surface area is 208 Å². The van der Waals surface area contributed by atoms with Crippen molar-refractivity contribution in [3.63, 3.8) is 0 Å². The lowest BCUT2D eigenvalue weighted by atomic mass is 10.1. The number of pyridine rings is 1. The topological polar surface area (TPSA) is 87.7 Å².